The molecule has 1 N–H and O–H groups in total. The summed E-state index contributed by atoms with van der Waals surface area (Å²) in [6.07, 6.45) is 3.86. The Bertz CT molecular complexity index is 386. The van der Waals surface area contributed by atoms with E-state index < -0.39 is 5.60 Å². The van der Waals surface area contributed by atoms with E-state index in [1.165, 1.54) is 30.5 Å². The van der Waals surface area contributed by atoms with Gasteiger partial charge in [0.2, 0.25) is 0 Å². The van der Waals surface area contributed by atoms with Crippen LogP contribution in [0.5, 0.6) is 0 Å². The lowest BCUT2D eigenvalue weighted by Gasteiger charge is -2.33. The molecule has 17 heavy (non-hydrogen) atoms. The normalized spacial score (nSPS) is 17.3. The van der Waals surface area contributed by atoms with Gasteiger partial charge in [0.05, 0.1) is 5.60 Å². The van der Waals surface area contributed by atoms with Crippen molar-refractivity contribution < 1.29 is 5.11 Å². The van der Waals surface area contributed by atoms with E-state index in [-0.39, 0.29) is 0 Å². The zero-order chi connectivity index (χ0) is 12.5. The maximum absolute atomic E-state index is 10.3. The van der Waals surface area contributed by atoms with Gasteiger partial charge in [0, 0.05) is 24.3 Å². The number of nitrogens with zero attached hydrogens (tertiary/aromatic N) is 1. The Morgan fingerprint density at radius 3 is 2.35 bits per heavy atom. The highest BCUT2D eigenvalue weighted by Crippen LogP contribution is 2.32. The quantitative estimate of drug-likeness (QED) is 0.848. The third-order valence-corrected chi connectivity index (χ3v) is 3.51. The molecule has 1 heterocycles. The molecule has 0 amide bonds. The zero-order valence-electron chi connectivity index (χ0n) is 11.2. The Kier molecular flexibility index (Phi) is 3.43. The topological polar surface area (TPSA) is 23.5 Å². The van der Waals surface area contributed by atoms with Gasteiger partial charge in [-0.2, -0.15) is 0 Å². The Morgan fingerprint density at radius 1 is 1.12 bits per heavy atom. The van der Waals surface area contributed by atoms with E-state index in [2.05, 4.69) is 30.0 Å². The van der Waals surface area contributed by atoms with Gasteiger partial charge in [0.1, 0.15) is 0 Å². The summed E-state index contributed by atoms with van der Waals surface area (Å²) in [6.45, 7) is 8.05. The highest BCUT2D eigenvalue weighted by atomic mass is 16.3. The van der Waals surface area contributed by atoms with Gasteiger partial charge in [-0.3, -0.25) is 0 Å². The van der Waals surface area contributed by atoms with Crippen molar-refractivity contribution in [2.24, 2.45) is 0 Å². The van der Waals surface area contributed by atoms with Crippen molar-refractivity contribution in [3.63, 3.8) is 0 Å². The first-order chi connectivity index (χ1) is 7.98. The average Bonchev–Trinajstić information content (AvgIpc) is 2.29. The maximum Gasteiger partial charge on any atom is 0.0860 e. The third-order valence-electron chi connectivity index (χ3n) is 3.51. The van der Waals surface area contributed by atoms with Crippen molar-refractivity contribution in [1.82, 2.24) is 0 Å². The van der Waals surface area contributed by atoms with Crippen molar-refractivity contribution in [3.8, 4) is 0 Å². The summed E-state index contributed by atoms with van der Waals surface area (Å²) in [4.78, 5) is 2.41. The second-order valence-electron chi connectivity index (χ2n) is 5.63. The first kappa shape index (κ1) is 12.4. The second kappa shape index (κ2) is 4.69. The van der Waals surface area contributed by atoms with E-state index in [4.69, 9.17) is 0 Å². The average molecular weight is 233 g/mol. The molecule has 2 heteroatoms. The lowest BCUT2D eigenvalue weighted by molar-refractivity contribution is 0.0789. The van der Waals surface area contributed by atoms with Crippen LogP contribution in [0.1, 0.15) is 44.2 Å². The minimum absolute atomic E-state index is 0.765. The molecule has 2 nitrogen and oxygen atoms in total. The van der Waals surface area contributed by atoms with E-state index in [1.807, 2.05) is 13.8 Å². The minimum Gasteiger partial charge on any atom is -0.386 e. The summed E-state index contributed by atoms with van der Waals surface area (Å²) >= 11 is 0. The number of rotatable bonds is 2. The summed E-state index contributed by atoms with van der Waals surface area (Å²) in [5.74, 6) is 0. The zero-order valence-corrected chi connectivity index (χ0v) is 11.2. The highest BCUT2D eigenvalue weighted by Gasteiger charge is 2.23. The van der Waals surface area contributed by atoms with E-state index in [1.54, 1.807) is 0 Å². The molecule has 0 atom stereocenters. The molecule has 0 bridgehead atoms. The molecule has 1 aromatic rings. The smallest absolute Gasteiger partial charge is 0.0860 e. The number of hydrogen-bond acceptors (Lipinski definition) is 2. The van der Waals surface area contributed by atoms with E-state index in [0.717, 1.165) is 18.7 Å². The fourth-order valence-electron chi connectivity index (χ4n) is 2.55. The molecule has 0 aliphatic carbocycles. The van der Waals surface area contributed by atoms with E-state index in [9.17, 15) is 5.11 Å². The van der Waals surface area contributed by atoms with Crippen LogP contribution in [0.15, 0.2) is 18.2 Å². The number of hydrogen-bond donors (Lipinski definition) is 1. The van der Waals surface area contributed by atoms with Crippen LogP contribution in [0.3, 0.4) is 0 Å². The molecule has 0 saturated carbocycles. The molecular weight excluding hydrogens is 210 g/mol. The van der Waals surface area contributed by atoms with Crippen LogP contribution in [0.2, 0.25) is 0 Å². The Balaban J connectivity index is 2.38. The second-order valence-corrected chi connectivity index (χ2v) is 5.63. The van der Waals surface area contributed by atoms with Gasteiger partial charge in [0.25, 0.3) is 0 Å². The summed E-state index contributed by atoms with van der Waals surface area (Å²) in [7, 11) is 0. The molecule has 1 aromatic carbocycles. The molecule has 1 aliphatic rings. The highest BCUT2D eigenvalue weighted by molar-refractivity contribution is 5.57. The summed E-state index contributed by atoms with van der Waals surface area (Å²) in [5.41, 5.74) is 2.71. The molecular formula is C15H23NO. The van der Waals surface area contributed by atoms with Crippen molar-refractivity contribution in [2.75, 3.05) is 18.0 Å². The standard InChI is InChI=1S/C15H23NO/c1-12-7-8-14(13(11-12)15(2,3)17)16-9-5-4-6-10-16/h7-8,11,17H,4-6,9-10H2,1-3H3. The van der Waals surface area contributed by atoms with Crippen LogP contribution in [0.25, 0.3) is 0 Å². The fraction of sp³-hybridized carbons (Fsp3) is 0.600. The van der Waals surface area contributed by atoms with Gasteiger partial charge in [-0.05, 0) is 46.1 Å². The molecule has 0 radical (unpaired) electrons. The number of aryl methyl sites for hydroxylation is 1. The monoisotopic (exact) mass is 233 g/mol. The van der Waals surface area contributed by atoms with Gasteiger partial charge >= 0.3 is 0 Å². The van der Waals surface area contributed by atoms with Crippen molar-refractivity contribution in [3.05, 3.63) is 29.3 Å². The fourth-order valence-corrected chi connectivity index (χ4v) is 2.55. The van der Waals surface area contributed by atoms with Crippen LogP contribution in [-0.2, 0) is 5.60 Å². The van der Waals surface area contributed by atoms with Gasteiger partial charge in [0.15, 0.2) is 0 Å². The molecule has 94 valence electrons. The van der Waals surface area contributed by atoms with Crippen LogP contribution in [0, 0.1) is 6.92 Å². The Labute approximate surface area is 104 Å². The molecule has 2 rings (SSSR count). The number of aliphatic hydroxyl groups is 1. The molecule has 0 unspecified atom stereocenters. The summed E-state index contributed by atoms with van der Waals surface area (Å²) in [5, 5.41) is 10.3. The predicted molar refractivity (Wildman–Crippen MR) is 72.5 cm³/mol. The molecule has 0 aromatic heterocycles. The predicted octanol–water partition coefficient (Wildman–Crippen LogP) is 3.21. The lowest BCUT2D eigenvalue weighted by atomic mass is 9.93. The number of piperidine rings is 1. The first-order valence-electron chi connectivity index (χ1n) is 6.57. The number of benzene rings is 1. The summed E-state index contributed by atoms with van der Waals surface area (Å²) in [6, 6.07) is 6.41. The Hall–Kier alpha value is -1.02. The van der Waals surface area contributed by atoms with E-state index in [0.29, 0.717) is 0 Å². The third kappa shape index (κ3) is 2.81. The SMILES string of the molecule is Cc1ccc(N2CCCCC2)c(C(C)(C)O)c1. The van der Waals surface area contributed by atoms with Gasteiger partial charge in [-0.1, -0.05) is 17.7 Å². The minimum atomic E-state index is -0.765. The largest absolute Gasteiger partial charge is 0.386 e. The first-order valence-corrected chi connectivity index (χ1v) is 6.57. The lowest BCUT2D eigenvalue weighted by Crippen LogP contribution is -2.32. The molecule has 1 saturated heterocycles. The maximum atomic E-state index is 10.3. The van der Waals surface area contributed by atoms with E-state index >= 15 is 0 Å². The van der Waals surface area contributed by atoms with Gasteiger partial charge in [-0.25, -0.2) is 0 Å². The van der Waals surface area contributed by atoms with Crippen molar-refractivity contribution >= 4 is 5.69 Å². The van der Waals surface area contributed by atoms with Crippen LogP contribution in [0.4, 0.5) is 5.69 Å². The van der Waals surface area contributed by atoms with Crippen molar-refractivity contribution in [1.29, 1.82) is 0 Å². The van der Waals surface area contributed by atoms with Gasteiger partial charge in [-0.15, -0.1) is 0 Å². The molecule has 1 aliphatic heterocycles. The van der Waals surface area contributed by atoms with Crippen molar-refractivity contribution in [2.45, 2.75) is 45.6 Å². The van der Waals surface area contributed by atoms with Crippen LogP contribution in [-0.4, -0.2) is 18.2 Å². The summed E-state index contributed by atoms with van der Waals surface area (Å²) < 4.78 is 0. The van der Waals surface area contributed by atoms with Gasteiger partial charge < -0.3 is 10.0 Å². The number of anilines is 1. The molecule has 0 spiro atoms. The molecule has 1 fully saturated rings. The Morgan fingerprint density at radius 2 is 1.76 bits per heavy atom. The van der Waals surface area contributed by atoms with Crippen LogP contribution < -0.4 is 4.90 Å². The van der Waals surface area contributed by atoms with Crippen LogP contribution >= 0.6 is 0 Å².